The van der Waals surface area contributed by atoms with Crippen LogP contribution in [0.4, 0.5) is 21.5 Å². The van der Waals surface area contributed by atoms with E-state index in [1.165, 1.54) is 78.9 Å². The number of halogens is 3. The topological polar surface area (TPSA) is 122 Å². The molecule has 0 heterocycles. The van der Waals surface area contributed by atoms with Gasteiger partial charge in [0.05, 0.1) is 37.8 Å². The first-order chi connectivity index (χ1) is 19.9. The summed E-state index contributed by atoms with van der Waals surface area (Å²) in [6, 6.07) is 20.0. The molecule has 220 valence electrons. The number of nitrogens with one attached hydrogen (secondary N) is 2. The van der Waals surface area contributed by atoms with Gasteiger partial charge in [-0.15, -0.1) is 0 Å². The van der Waals surface area contributed by atoms with Gasteiger partial charge in [0, 0.05) is 5.69 Å². The highest BCUT2D eigenvalue weighted by atomic mass is 35.5. The molecule has 0 saturated carbocycles. The fraction of sp³-hybridized carbons (Fsp3) is 0.107. The molecule has 9 nitrogen and oxygen atoms in total. The summed E-state index contributed by atoms with van der Waals surface area (Å²) >= 11 is 12.0. The Morgan fingerprint density at radius 2 is 1.48 bits per heavy atom. The van der Waals surface area contributed by atoms with E-state index in [0.717, 1.165) is 16.4 Å². The molecule has 4 aromatic rings. The predicted octanol–water partition coefficient (Wildman–Crippen LogP) is 6.17. The van der Waals surface area contributed by atoms with E-state index in [1.807, 2.05) is 0 Å². The number of carbonyl (C=O) groups is 1. The Balaban J connectivity index is 1.53. The van der Waals surface area contributed by atoms with Crippen LogP contribution in [-0.2, 0) is 24.8 Å². The van der Waals surface area contributed by atoms with Gasteiger partial charge in [-0.25, -0.2) is 21.2 Å². The molecular weight excluding hydrogens is 628 g/mol. The van der Waals surface area contributed by atoms with E-state index in [-0.39, 0.29) is 36.9 Å². The molecule has 0 aliphatic heterocycles. The summed E-state index contributed by atoms with van der Waals surface area (Å²) in [6.07, 6.45) is 0. The zero-order valence-electron chi connectivity index (χ0n) is 21.9. The Bertz CT molecular complexity index is 1790. The minimum atomic E-state index is -4.26. The Hall–Kier alpha value is -3.84. The maximum Gasteiger partial charge on any atom is 0.264 e. The van der Waals surface area contributed by atoms with E-state index < -0.39 is 38.3 Å². The summed E-state index contributed by atoms with van der Waals surface area (Å²) in [5.74, 6) is -0.837. The van der Waals surface area contributed by atoms with Crippen molar-refractivity contribution in [2.45, 2.75) is 16.7 Å². The van der Waals surface area contributed by atoms with Crippen molar-refractivity contribution in [3.05, 3.63) is 107 Å². The minimum Gasteiger partial charge on any atom is -0.494 e. The Morgan fingerprint density at radius 3 is 2.10 bits per heavy atom. The molecule has 4 rings (SSSR count). The van der Waals surface area contributed by atoms with Gasteiger partial charge >= 0.3 is 0 Å². The van der Waals surface area contributed by atoms with Crippen LogP contribution in [0.25, 0.3) is 0 Å². The van der Waals surface area contributed by atoms with Crippen molar-refractivity contribution < 1.29 is 30.8 Å². The average Bonchev–Trinajstić information content (AvgIpc) is 2.95. The molecule has 0 saturated heterocycles. The highest BCUT2D eigenvalue weighted by Gasteiger charge is 2.27. The third-order valence-electron chi connectivity index (χ3n) is 5.77. The molecule has 42 heavy (non-hydrogen) atoms. The summed E-state index contributed by atoms with van der Waals surface area (Å²) in [4.78, 5) is 12.8. The van der Waals surface area contributed by atoms with E-state index >= 15 is 0 Å². The number of hydrogen-bond donors (Lipinski definition) is 2. The second kappa shape index (κ2) is 13.0. The molecule has 1 amide bonds. The fourth-order valence-electron chi connectivity index (χ4n) is 3.76. The second-order valence-electron chi connectivity index (χ2n) is 8.67. The number of carbonyl (C=O) groups excluding carboxylic acids is 1. The van der Waals surface area contributed by atoms with Crippen molar-refractivity contribution in [1.29, 1.82) is 0 Å². The van der Waals surface area contributed by atoms with Gasteiger partial charge in [0.1, 0.15) is 18.1 Å². The first kappa shape index (κ1) is 31.1. The van der Waals surface area contributed by atoms with Gasteiger partial charge in [-0.1, -0.05) is 29.3 Å². The van der Waals surface area contributed by atoms with Crippen molar-refractivity contribution in [1.82, 2.24) is 0 Å². The van der Waals surface area contributed by atoms with Crippen molar-refractivity contribution in [3.8, 4) is 5.75 Å². The van der Waals surface area contributed by atoms with Gasteiger partial charge < -0.3 is 10.1 Å². The summed E-state index contributed by atoms with van der Waals surface area (Å²) in [5.41, 5.74) is 0.362. The first-order valence-electron chi connectivity index (χ1n) is 12.3. The van der Waals surface area contributed by atoms with E-state index in [1.54, 1.807) is 6.92 Å². The van der Waals surface area contributed by atoms with Crippen LogP contribution < -0.4 is 19.1 Å². The summed E-state index contributed by atoms with van der Waals surface area (Å²) in [6.45, 7) is 1.53. The highest BCUT2D eigenvalue weighted by Crippen LogP contribution is 2.31. The molecule has 0 aliphatic carbocycles. The van der Waals surface area contributed by atoms with Crippen LogP contribution in [0.15, 0.2) is 101 Å². The van der Waals surface area contributed by atoms with Crippen molar-refractivity contribution in [2.75, 3.05) is 27.5 Å². The molecule has 0 radical (unpaired) electrons. The molecule has 0 spiro atoms. The van der Waals surface area contributed by atoms with Crippen LogP contribution >= 0.6 is 23.2 Å². The van der Waals surface area contributed by atoms with Crippen molar-refractivity contribution in [2.24, 2.45) is 0 Å². The number of hydrogen-bond acceptors (Lipinski definition) is 6. The lowest BCUT2D eigenvalue weighted by molar-refractivity contribution is -0.114. The van der Waals surface area contributed by atoms with Crippen molar-refractivity contribution >= 4 is 66.2 Å². The first-order valence-corrected chi connectivity index (χ1v) is 16.0. The minimum absolute atomic E-state index is 0.0394. The van der Waals surface area contributed by atoms with Crippen LogP contribution in [0, 0.1) is 5.82 Å². The number of rotatable bonds is 11. The van der Waals surface area contributed by atoms with E-state index in [9.17, 15) is 26.0 Å². The molecular formula is C28H24Cl2FN3O6S2. The standard InChI is InChI=1S/C28H24Cl2FN3O6S2/c1-2-40-22-12-16-24(17-13-22)42(38,39)34(21-10-6-19(31)7-11-21)18-27(35)32-20-8-14-23(15-9-20)41(36,37)33-26-5-3-4-25(29)28(26)30/h3-17,33H,2,18H2,1H3,(H,32,35). The van der Waals surface area contributed by atoms with Gasteiger partial charge in [0.25, 0.3) is 20.0 Å². The molecule has 0 bridgehead atoms. The Morgan fingerprint density at radius 1 is 0.857 bits per heavy atom. The van der Waals surface area contributed by atoms with Gasteiger partial charge in [0.2, 0.25) is 5.91 Å². The Labute approximate surface area is 252 Å². The van der Waals surface area contributed by atoms with Crippen LogP contribution in [0.3, 0.4) is 0 Å². The largest absolute Gasteiger partial charge is 0.494 e. The van der Waals surface area contributed by atoms with Gasteiger partial charge in [-0.2, -0.15) is 0 Å². The fourth-order valence-corrected chi connectivity index (χ4v) is 6.66. The zero-order chi connectivity index (χ0) is 30.5. The second-order valence-corrected chi connectivity index (χ2v) is 13.0. The van der Waals surface area contributed by atoms with Crippen molar-refractivity contribution in [3.63, 3.8) is 0 Å². The number of nitrogens with zero attached hydrogens (tertiary/aromatic N) is 1. The van der Waals surface area contributed by atoms with E-state index in [4.69, 9.17) is 27.9 Å². The predicted molar refractivity (Wildman–Crippen MR) is 161 cm³/mol. The molecule has 4 aromatic carbocycles. The monoisotopic (exact) mass is 651 g/mol. The van der Waals surface area contributed by atoms with Crippen LogP contribution in [0.5, 0.6) is 5.75 Å². The summed E-state index contributed by atoms with van der Waals surface area (Å²) < 4.78 is 74.9. The van der Waals surface area contributed by atoms with Crippen LogP contribution in [0.2, 0.25) is 10.0 Å². The van der Waals surface area contributed by atoms with Crippen LogP contribution in [0.1, 0.15) is 6.92 Å². The quantitative estimate of drug-likeness (QED) is 0.200. The lowest BCUT2D eigenvalue weighted by Crippen LogP contribution is -2.38. The van der Waals surface area contributed by atoms with Gasteiger partial charge in [0.15, 0.2) is 0 Å². The smallest absolute Gasteiger partial charge is 0.264 e. The third-order valence-corrected chi connectivity index (χ3v) is 9.76. The number of sulfonamides is 2. The lowest BCUT2D eigenvalue weighted by atomic mass is 10.3. The number of benzene rings is 4. The van der Waals surface area contributed by atoms with Gasteiger partial charge in [-0.05, 0) is 91.9 Å². The molecule has 0 unspecified atom stereocenters. The average molecular weight is 653 g/mol. The zero-order valence-corrected chi connectivity index (χ0v) is 25.1. The summed E-state index contributed by atoms with van der Waals surface area (Å²) in [7, 11) is -8.31. The SMILES string of the molecule is CCOc1ccc(S(=O)(=O)N(CC(=O)Nc2ccc(S(=O)(=O)Nc3cccc(Cl)c3Cl)cc2)c2ccc(F)cc2)cc1. The Kier molecular flexibility index (Phi) is 9.62. The molecule has 2 N–H and O–H groups in total. The van der Waals surface area contributed by atoms with Gasteiger partial charge in [-0.3, -0.25) is 13.8 Å². The van der Waals surface area contributed by atoms with E-state index in [0.29, 0.717) is 12.4 Å². The maximum absolute atomic E-state index is 13.6. The number of amides is 1. The number of anilines is 3. The van der Waals surface area contributed by atoms with E-state index in [2.05, 4.69) is 10.0 Å². The maximum atomic E-state index is 13.6. The molecule has 0 fully saturated rings. The molecule has 0 aromatic heterocycles. The normalized spacial score (nSPS) is 11.5. The molecule has 0 atom stereocenters. The molecule has 0 aliphatic rings. The van der Waals surface area contributed by atoms with Crippen LogP contribution in [-0.4, -0.2) is 35.9 Å². The highest BCUT2D eigenvalue weighted by molar-refractivity contribution is 7.93. The molecule has 14 heteroatoms. The number of ether oxygens (including phenoxy) is 1. The summed E-state index contributed by atoms with van der Waals surface area (Å²) in [5, 5.41) is 2.77. The lowest BCUT2D eigenvalue weighted by Gasteiger charge is -2.24. The third kappa shape index (κ3) is 7.32.